The summed E-state index contributed by atoms with van der Waals surface area (Å²) in [6, 6.07) is 6.06. The van der Waals surface area contributed by atoms with Gasteiger partial charge in [-0.25, -0.2) is 4.98 Å². The minimum Gasteiger partial charge on any atom is -0.356 e. The number of hydrogen-bond donors (Lipinski definition) is 0. The summed E-state index contributed by atoms with van der Waals surface area (Å²) in [6.45, 7) is 5.71. The van der Waals surface area contributed by atoms with Crippen molar-refractivity contribution < 1.29 is 4.79 Å². The Morgan fingerprint density at radius 3 is 2.63 bits per heavy atom. The molecule has 1 amide bonds. The third kappa shape index (κ3) is 3.15. The molecule has 8 nitrogen and oxygen atoms in total. The maximum Gasteiger partial charge on any atom is 0.274 e. The van der Waals surface area contributed by atoms with E-state index in [1.165, 1.54) is 0 Å². The maximum atomic E-state index is 12.8. The highest BCUT2D eigenvalue weighted by Gasteiger charge is 2.28. The number of carbonyl (C=O) groups excluding carboxylic acids is 1. The topological polar surface area (TPSA) is 71.6 Å². The summed E-state index contributed by atoms with van der Waals surface area (Å²) >= 11 is 0. The zero-order chi connectivity index (χ0) is 19.1. The summed E-state index contributed by atoms with van der Waals surface area (Å²) in [5, 5.41) is 8.73. The second kappa shape index (κ2) is 6.68. The highest BCUT2D eigenvalue weighted by atomic mass is 16.2. The molecule has 0 aliphatic carbocycles. The van der Waals surface area contributed by atoms with E-state index in [0.717, 1.165) is 48.8 Å². The number of nitrogens with zero attached hydrogens (tertiary/aromatic N) is 7. The first-order chi connectivity index (χ1) is 12.9. The van der Waals surface area contributed by atoms with E-state index in [9.17, 15) is 4.79 Å². The fourth-order valence-electron chi connectivity index (χ4n) is 3.74. The monoisotopic (exact) mass is 367 g/mol. The Hall–Kier alpha value is -2.90. The van der Waals surface area contributed by atoms with Crippen LogP contribution in [0, 0.1) is 13.8 Å². The maximum absolute atomic E-state index is 12.8. The molecule has 0 N–H and O–H groups in total. The van der Waals surface area contributed by atoms with Crippen molar-refractivity contribution >= 4 is 17.4 Å². The van der Waals surface area contributed by atoms with Crippen molar-refractivity contribution in [1.82, 2.24) is 29.3 Å². The predicted octanol–water partition coefficient (Wildman–Crippen LogP) is 1.82. The number of piperidine rings is 1. The molecule has 0 saturated carbocycles. The summed E-state index contributed by atoms with van der Waals surface area (Å²) in [4.78, 5) is 21.4. The molecule has 8 heteroatoms. The average molecular weight is 367 g/mol. The SMILES string of the molecule is Cc1cc(N2CCC(N(C)C(=O)c3cc(C)n(C)n3)CC2)n2nccc2n1. The van der Waals surface area contributed by atoms with Crippen molar-refractivity contribution in [3.05, 3.63) is 41.5 Å². The minimum absolute atomic E-state index is 0.00799. The van der Waals surface area contributed by atoms with Gasteiger partial charge in [0.15, 0.2) is 11.3 Å². The third-order valence-corrected chi connectivity index (χ3v) is 5.46. The van der Waals surface area contributed by atoms with Gasteiger partial charge in [-0.05, 0) is 32.8 Å². The quantitative estimate of drug-likeness (QED) is 0.706. The van der Waals surface area contributed by atoms with E-state index in [1.54, 1.807) is 10.9 Å². The summed E-state index contributed by atoms with van der Waals surface area (Å²) in [5.41, 5.74) is 3.35. The van der Waals surface area contributed by atoms with Crippen LogP contribution >= 0.6 is 0 Å². The Morgan fingerprint density at radius 1 is 1.22 bits per heavy atom. The van der Waals surface area contributed by atoms with Crippen LogP contribution in [0.15, 0.2) is 24.4 Å². The van der Waals surface area contributed by atoms with Crippen molar-refractivity contribution in [3.8, 4) is 0 Å². The lowest BCUT2D eigenvalue weighted by Crippen LogP contribution is -2.46. The van der Waals surface area contributed by atoms with E-state index in [0.29, 0.717) is 5.69 Å². The van der Waals surface area contributed by atoms with E-state index in [4.69, 9.17) is 0 Å². The van der Waals surface area contributed by atoms with E-state index in [-0.39, 0.29) is 11.9 Å². The van der Waals surface area contributed by atoms with Crippen LogP contribution in [0.25, 0.3) is 5.65 Å². The number of amides is 1. The van der Waals surface area contributed by atoms with Gasteiger partial charge >= 0.3 is 0 Å². The molecule has 1 saturated heterocycles. The first kappa shape index (κ1) is 17.5. The molecule has 1 fully saturated rings. The summed E-state index contributed by atoms with van der Waals surface area (Å²) in [6.07, 6.45) is 3.61. The minimum atomic E-state index is -0.00799. The number of aryl methyl sites for hydroxylation is 3. The molecule has 4 rings (SSSR count). The molecule has 1 aliphatic rings. The van der Waals surface area contributed by atoms with Crippen molar-refractivity contribution in [1.29, 1.82) is 0 Å². The zero-order valence-corrected chi connectivity index (χ0v) is 16.3. The molecule has 1 aliphatic heterocycles. The fourth-order valence-corrected chi connectivity index (χ4v) is 3.74. The molecule has 4 heterocycles. The molecule has 0 spiro atoms. The van der Waals surface area contributed by atoms with Gasteiger partial charge < -0.3 is 9.80 Å². The standard InChI is InChI=1S/C19H25N7O/c1-13-11-18(26-17(21-13)5-8-20-26)25-9-6-15(7-10-25)23(3)19(27)16-12-14(2)24(4)22-16/h5,8,11-12,15H,6-7,9-10H2,1-4H3. The lowest BCUT2D eigenvalue weighted by molar-refractivity contribution is 0.0702. The Bertz CT molecular complexity index is 962. The van der Waals surface area contributed by atoms with Gasteiger partial charge in [-0.15, -0.1) is 0 Å². The number of hydrogen-bond acceptors (Lipinski definition) is 5. The second-order valence-corrected chi connectivity index (χ2v) is 7.29. The second-order valence-electron chi connectivity index (χ2n) is 7.29. The molecule has 0 atom stereocenters. The fraction of sp³-hybridized carbons (Fsp3) is 0.474. The number of carbonyl (C=O) groups is 1. The summed E-state index contributed by atoms with van der Waals surface area (Å²) in [5.74, 6) is 1.06. The van der Waals surface area contributed by atoms with Gasteiger partial charge in [0, 0.05) is 56.7 Å². The van der Waals surface area contributed by atoms with Crippen molar-refractivity contribution in [2.75, 3.05) is 25.0 Å². The van der Waals surface area contributed by atoms with Crippen LogP contribution < -0.4 is 4.90 Å². The number of aromatic nitrogens is 5. The van der Waals surface area contributed by atoms with E-state index in [2.05, 4.69) is 26.1 Å². The predicted molar refractivity (Wildman–Crippen MR) is 103 cm³/mol. The third-order valence-electron chi connectivity index (χ3n) is 5.46. The van der Waals surface area contributed by atoms with E-state index >= 15 is 0 Å². The average Bonchev–Trinajstić information content (AvgIpc) is 3.26. The highest BCUT2D eigenvalue weighted by molar-refractivity contribution is 5.92. The first-order valence-electron chi connectivity index (χ1n) is 9.28. The highest BCUT2D eigenvalue weighted by Crippen LogP contribution is 2.24. The number of fused-ring (bicyclic) bond motifs is 1. The number of anilines is 1. The lowest BCUT2D eigenvalue weighted by atomic mass is 10.0. The normalized spacial score (nSPS) is 15.5. The number of rotatable bonds is 3. The molecule has 0 unspecified atom stereocenters. The van der Waals surface area contributed by atoms with Crippen molar-refractivity contribution in [2.45, 2.75) is 32.7 Å². The van der Waals surface area contributed by atoms with Crippen molar-refractivity contribution in [2.24, 2.45) is 7.05 Å². The van der Waals surface area contributed by atoms with Crippen LogP contribution in [-0.4, -0.2) is 61.4 Å². The van der Waals surface area contributed by atoms with Gasteiger partial charge in [0.2, 0.25) is 0 Å². The molecule has 142 valence electrons. The molecule has 3 aromatic rings. The van der Waals surface area contributed by atoms with Gasteiger partial charge in [-0.3, -0.25) is 9.48 Å². The summed E-state index contributed by atoms with van der Waals surface area (Å²) in [7, 11) is 3.74. The Balaban J connectivity index is 1.46. The summed E-state index contributed by atoms with van der Waals surface area (Å²) < 4.78 is 3.63. The van der Waals surface area contributed by atoms with Gasteiger partial charge in [-0.2, -0.15) is 14.7 Å². The molecule has 27 heavy (non-hydrogen) atoms. The van der Waals surface area contributed by atoms with Crippen LogP contribution in [-0.2, 0) is 7.05 Å². The largest absolute Gasteiger partial charge is 0.356 e. The zero-order valence-electron chi connectivity index (χ0n) is 16.3. The van der Waals surface area contributed by atoms with Crippen LogP contribution in [0.5, 0.6) is 0 Å². The van der Waals surface area contributed by atoms with Crippen molar-refractivity contribution in [3.63, 3.8) is 0 Å². The van der Waals surface area contributed by atoms with Crippen LogP contribution in [0.4, 0.5) is 5.82 Å². The first-order valence-corrected chi connectivity index (χ1v) is 9.28. The smallest absolute Gasteiger partial charge is 0.274 e. The molecule has 0 radical (unpaired) electrons. The molecule has 0 bridgehead atoms. The molecular weight excluding hydrogens is 342 g/mol. The Kier molecular flexibility index (Phi) is 4.33. The van der Waals surface area contributed by atoms with Gasteiger partial charge in [0.1, 0.15) is 5.82 Å². The molecule has 3 aromatic heterocycles. The Morgan fingerprint density at radius 2 is 1.96 bits per heavy atom. The van der Waals surface area contributed by atoms with Crippen LogP contribution in [0.3, 0.4) is 0 Å². The van der Waals surface area contributed by atoms with Gasteiger partial charge in [0.05, 0.1) is 6.20 Å². The Labute approximate surface area is 158 Å². The van der Waals surface area contributed by atoms with Gasteiger partial charge in [0.25, 0.3) is 5.91 Å². The molecule has 0 aromatic carbocycles. The lowest BCUT2D eigenvalue weighted by Gasteiger charge is -2.37. The van der Waals surface area contributed by atoms with Crippen LogP contribution in [0.2, 0.25) is 0 Å². The molecular formula is C19H25N7O. The van der Waals surface area contributed by atoms with E-state index in [1.807, 2.05) is 49.5 Å². The van der Waals surface area contributed by atoms with Crippen LogP contribution in [0.1, 0.15) is 34.7 Å². The van der Waals surface area contributed by atoms with E-state index < -0.39 is 0 Å². The van der Waals surface area contributed by atoms with Gasteiger partial charge in [-0.1, -0.05) is 0 Å².